The van der Waals surface area contributed by atoms with E-state index in [1.165, 1.54) is 23.0 Å². The number of carboxylic acids is 1. The van der Waals surface area contributed by atoms with Crippen molar-refractivity contribution >= 4 is 17.6 Å². The summed E-state index contributed by atoms with van der Waals surface area (Å²) in [4.78, 5) is 22.2. The van der Waals surface area contributed by atoms with Crippen molar-refractivity contribution in [3.8, 4) is 0 Å². The molecule has 0 saturated heterocycles. The maximum absolute atomic E-state index is 13.5. The molecule has 19 heavy (non-hydrogen) atoms. The second-order valence-corrected chi connectivity index (χ2v) is 3.75. The first kappa shape index (κ1) is 12.7. The number of benzene rings is 1. The van der Waals surface area contributed by atoms with E-state index in [2.05, 4.69) is 10.4 Å². The lowest BCUT2D eigenvalue weighted by molar-refractivity contribution is -0.116. The van der Waals surface area contributed by atoms with Crippen LogP contribution in [0.5, 0.6) is 0 Å². The number of rotatable bonds is 4. The summed E-state index contributed by atoms with van der Waals surface area (Å²) in [5, 5.41) is 14.9. The molecule has 2 rings (SSSR count). The van der Waals surface area contributed by atoms with Crippen molar-refractivity contribution in [2.75, 3.05) is 5.32 Å². The number of nitrogens with zero attached hydrogens (tertiary/aromatic N) is 2. The number of nitrogens with one attached hydrogen (secondary N) is 1. The molecule has 98 valence electrons. The molecule has 0 unspecified atom stereocenters. The number of hydrogen-bond donors (Lipinski definition) is 2. The minimum absolute atomic E-state index is 0.0485. The minimum atomic E-state index is -1.23. The summed E-state index contributed by atoms with van der Waals surface area (Å²) in [6, 6.07) is 4.94. The average Bonchev–Trinajstić information content (AvgIpc) is 2.84. The van der Waals surface area contributed by atoms with E-state index in [1.807, 2.05) is 0 Å². The summed E-state index contributed by atoms with van der Waals surface area (Å²) in [5.41, 5.74) is -0.246. The summed E-state index contributed by atoms with van der Waals surface area (Å²) in [6.07, 6.45) is 3.12. The molecule has 0 spiro atoms. The van der Waals surface area contributed by atoms with Crippen LogP contribution in [0.4, 0.5) is 10.1 Å². The molecule has 0 fully saturated rings. The van der Waals surface area contributed by atoms with Crippen molar-refractivity contribution in [3.63, 3.8) is 0 Å². The largest absolute Gasteiger partial charge is 0.478 e. The maximum Gasteiger partial charge on any atom is 0.335 e. The molecule has 0 aliphatic rings. The first-order valence-electron chi connectivity index (χ1n) is 5.36. The van der Waals surface area contributed by atoms with Gasteiger partial charge in [-0.1, -0.05) is 0 Å². The van der Waals surface area contributed by atoms with E-state index in [0.29, 0.717) is 0 Å². The lowest BCUT2D eigenvalue weighted by Gasteiger charge is -2.07. The number of aromatic carboxylic acids is 1. The molecule has 0 saturated carbocycles. The number of carbonyl (C=O) groups is 2. The highest BCUT2D eigenvalue weighted by Crippen LogP contribution is 2.15. The van der Waals surface area contributed by atoms with Crippen molar-refractivity contribution in [3.05, 3.63) is 48.0 Å². The summed E-state index contributed by atoms with van der Waals surface area (Å²) >= 11 is 0. The van der Waals surface area contributed by atoms with Crippen LogP contribution in [0.25, 0.3) is 0 Å². The molecule has 1 amide bonds. The Morgan fingerprint density at radius 3 is 2.79 bits per heavy atom. The Morgan fingerprint density at radius 2 is 2.21 bits per heavy atom. The molecule has 0 aliphatic carbocycles. The molecule has 6 nitrogen and oxygen atoms in total. The van der Waals surface area contributed by atoms with Crippen LogP contribution >= 0.6 is 0 Å². The SMILES string of the molecule is O=C(Cn1cccn1)Nc1ccc(C(=O)O)cc1F. The van der Waals surface area contributed by atoms with Gasteiger partial charge in [0.15, 0.2) is 0 Å². The van der Waals surface area contributed by atoms with Gasteiger partial charge in [0.1, 0.15) is 12.4 Å². The lowest BCUT2D eigenvalue weighted by Crippen LogP contribution is -2.19. The lowest BCUT2D eigenvalue weighted by atomic mass is 10.2. The van der Waals surface area contributed by atoms with E-state index in [0.717, 1.165) is 6.07 Å². The van der Waals surface area contributed by atoms with Gasteiger partial charge >= 0.3 is 5.97 Å². The van der Waals surface area contributed by atoms with E-state index in [4.69, 9.17) is 5.11 Å². The molecule has 0 radical (unpaired) electrons. The number of amides is 1. The third-order valence-corrected chi connectivity index (χ3v) is 2.35. The fourth-order valence-electron chi connectivity index (χ4n) is 1.48. The average molecular weight is 263 g/mol. The maximum atomic E-state index is 13.5. The van der Waals surface area contributed by atoms with Crippen molar-refractivity contribution in [2.45, 2.75) is 6.54 Å². The molecule has 0 atom stereocenters. The fraction of sp³-hybridized carbons (Fsp3) is 0.0833. The number of anilines is 1. The Hall–Kier alpha value is -2.70. The highest BCUT2D eigenvalue weighted by Gasteiger charge is 2.11. The molecule has 0 aliphatic heterocycles. The van der Waals surface area contributed by atoms with E-state index in [-0.39, 0.29) is 17.8 Å². The van der Waals surface area contributed by atoms with Gasteiger partial charge in [-0.2, -0.15) is 5.10 Å². The van der Waals surface area contributed by atoms with E-state index < -0.39 is 17.7 Å². The number of carboxylic acid groups (broad SMARTS) is 1. The van der Waals surface area contributed by atoms with Gasteiger partial charge in [0.2, 0.25) is 5.91 Å². The number of carbonyl (C=O) groups excluding carboxylic acids is 1. The smallest absolute Gasteiger partial charge is 0.335 e. The van der Waals surface area contributed by atoms with Gasteiger partial charge < -0.3 is 10.4 Å². The standard InChI is InChI=1S/C12H10FN3O3/c13-9-6-8(12(18)19)2-3-10(9)15-11(17)7-16-5-1-4-14-16/h1-6H,7H2,(H,15,17)(H,18,19). The van der Waals surface area contributed by atoms with Crippen LogP contribution in [-0.2, 0) is 11.3 Å². The van der Waals surface area contributed by atoms with Crippen molar-refractivity contribution in [1.82, 2.24) is 9.78 Å². The predicted octanol–water partition coefficient (Wildman–Crippen LogP) is 1.36. The summed E-state index contributed by atoms with van der Waals surface area (Å²) in [6.45, 7) is -0.0485. The van der Waals surface area contributed by atoms with E-state index in [1.54, 1.807) is 12.3 Å². The van der Waals surface area contributed by atoms with E-state index in [9.17, 15) is 14.0 Å². The molecule has 7 heteroatoms. The number of aromatic nitrogens is 2. The van der Waals surface area contributed by atoms with Crippen molar-refractivity contribution in [2.24, 2.45) is 0 Å². The summed E-state index contributed by atoms with van der Waals surface area (Å²) in [5.74, 6) is -2.48. The van der Waals surface area contributed by atoms with Gasteiger partial charge in [0.05, 0.1) is 11.3 Å². The number of halogens is 1. The molecule has 1 heterocycles. The third kappa shape index (κ3) is 3.15. The topological polar surface area (TPSA) is 84.2 Å². The Balaban J connectivity index is 2.07. The Labute approximate surface area is 107 Å². The zero-order valence-electron chi connectivity index (χ0n) is 9.71. The van der Waals surface area contributed by atoms with Gasteiger partial charge in [-0.05, 0) is 24.3 Å². The van der Waals surface area contributed by atoms with Crippen LogP contribution in [0.1, 0.15) is 10.4 Å². The first-order valence-corrected chi connectivity index (χ1v) is 5.36. The van der Waals surface area contributed by atoms with Gasteiger partial charge in [-0.25, -0.2) is 9.18 Å². The van der Waals surface area contributed by atoms with Crippen LogP contribution in [0.15, 0.2) is 36.7 Å². The molecular weight excluding hydrogens is 253 g/mol. The summed E-state index contributed by atoms with van der Waals surface area (Å²) in [7, 11) is 0. The van der Waals surface area contributed by atoms with Gasteiger partial charge in [0.25, 0.3) is 0 Å². The Kier molecular flexibility index (Phi) is 3.56. The monoisotopic (exact) mass is 263 g/mol. The summed E-state index contributed by atoms with van der Waals surface area (Å²) < 4.78 is 14.9. The quantitative estimate of drug-likeness (QED) is 0.872. The Morgan fingerprint density at radius 1 is 1.42 bits per heavy atom. The van der Waals surface area contributed by atoms with Crippen LogP contribution in [0.3, 0.4) is 0 Å². The minimum Gasteiger partial charge on any atom is -0.478 e. The fourth-order valence-corrected chi connectivity index (χ4v) is 1.48. The Bertz CT molecular complexity index is 611. The molecule has 0 bridgehead atoms. The zero-order chi connectivity index (χ0) is 13.8. The van der Waals surface area contributed by atoms with Gasteiger partial charge in [0, 0.05) is 12.4 Å². The molecule has 2 N–H and O–H groups in total. The predicted molar refractivity (Wildman–Crippen MR) is 64.2 cm³/mol. The van der Waals surface area contributed by atoms with Gasteiger partial charge in [-0.15, -0.1) is 0 Å². The molecule has 1 aromatic heterocycles. The second kappa shape index (κ2) is 5.30. The van der Waals surface area contributed by atoms with Gasteiger partial charge in [-0.3, -0.25) is 9.48 Å². The second-order valence-electron chi connectivity index (χ2n) is 3.75. The zero-order valence-corrected chi connectivity index (χ0v) is 9.71. The third-order valence-electron chi connectivity index (χ3n) is 2.35. The van der Waals surface area contributed by atoms with Crippen LogP contribution in [0.2, 0.25) is 0 Å². The van der Waals surface area contributed by atoms with Crippen LogP contribution in [-0.4, -0.2) is 26.8 Å². The molecule has 2 aromatic rings. The van der Waals surface area contributed by atoms with Crippen molar-refractivity contribution in [1.29, 1.82) is 0 Å². The normalized spacial score (nSPS) is 10.2. The highest BCUT2D eigenvalue weighted by atomic mass is 19.1. The van der Waals surface area contributed by atoms with Crippen LogP contribution < -0.4 is 5.32 Å². The van der Waals surface area contributed by atoms with Crippen LogP contribution in [0, 0.1) is 5.82 Å². The van der Waals surface area contributed by atoms with Crippen molar-refractivity contribution < 1.29 is 19.1 Å². The first-order chi connectivity index (χ1) is 9.06. The molecule has 1 aromatic carbocycles. The number of hydrogen-bond acceptors (Lipinski definition) is 3. The molecular formula is C12H10FN3O3. The highest BCUT2D eigenvalue weighted by molar-refractivity contribution is 5.92. The van der Waals surface area contributed by atoms with E-state index >= 15 is 0 Å².